The molecule has 1 amide bonds. The molecule has 1 aromatic carbocycles. The van der Waals surface area contributed by atoms with Crippen LogP contribution in [0, 0.1) is 0 Å². The van der Waals surface area contributed by atoms with Crippen LogP contribution < -0.4 is 5.32 Å². The molecular formula is C19H25BrN4O. The molecule has 2 aromatic rings. The number of carbonyl (C=O) groups is 1. The summed E-state index contributed by atoms with van der Waals surface area (Å²) in [5, 5.41) is 3.13. The summed E-state index contributed by atoms with van der Waals surface area (Å²) in [6, 6.07) is 11.9. The normalized spacial score (nSPS) is 17.4. The Kier molecular flexibility index (Phi) is 5.93. The molecule has 1 saturated heterocycles. The predicted molar refractivity (Wildman–Crippen MR) is 104 cm³/mol. The maximum Gasteiger partial charge on any atom is 0.252 e. The first-order valence-electron chi connectivity index (χ1n) is 8.63. The van der Waals surface area contributed by atoms with Gasteiger partial charge in [-0.05, 0) is 47.2 Å². The van der Waals surface area contributed by atoms with Crippen LogP contribution in [0.5, 0.6) is 0 Å². The van der Waals surface area contributed by atoms with Crippen molar-refractivity contribution in [1.82, 2.24) is 19.7 Å². The Morgan fingerprint density at radius 2 is 1.84 bits per heavy atom. The lowest BCUT2D eigenvalue weighted by atomic mass is 10.1. The molecule has 5 nitrogen and oxygen atoms in total. The van der Waals surface area contributed by atoms with E-state index in [9.17, 15) is 4.79 Å². The van der Waals surface area contributed by atoms with Gasteiger partial charge in [-0.25, -0.2) is 0 Å². The maximum absolute atomic E-state index is 12.6. The Bertz CT molecular complexity index is 722. The van der Waals surface area contributed by atoms with Gasteiger partial charge in [0.1, 0.15) is 0 Å². The fourth-order valence-electron chi connectivity index (χ4n) is 3.30. The molecule has 6 heteroatoms. The molecule has 1 aliphatic heterocycles. The van der Waals surface area contributed by atoms with E-state index in [2.05, 4.69) is 68.0 Å². The zero-order valence-electron chi connectivity index (χ0n) is 14.8. The summed E-state index contributed by atoms with van der Waals surface area (Å²) in [6.45, 7) is 4.73. The average Bonchev–Trinajstić information content (AvgIpc) is 3.03. The number of nitrogens with zero attached hydrogens (tertiary/aromatic N) is 3. The van der Waals surface area contributed by atoms with Crippen LogP contribution in [-0.2, 0) is 7.05 Å². The Labute approximate surface area is 157 Å². The van der Waals surface area contributed by atoms with Crippen LogP contribution in [0.25, 0.3) is 0 Å². The van der Waals surface area contributed by atoms with Crippen molar-refractivity contribution < 1.29 is 4.79 Å². The summed E-state index contributed by atoms with van der Waals surface area (Å²) in [6.07, 6.45) is 2.06. The molecule has 0 aliphatic carbocycles. The van der Waals surface area contributed by atoms with Crippen LogP contribution in [0.2, 0.25) is 0 Å². The van der Waals surface area contributed by atoms with Gasteiger partial charge in [-0.15, -0.1) is 0 Å². The topological polar surface area (TPSA) is 40.5 Å². The van der Waals surface area contributed by atoms with Crippen molar-refractivity contribution >= 4 is 21.8 Å². The van der Waals surface area contributed by atoms with Crippen LogP contribution in [0.3, 0.4) is 0 Å². The maximum atomic E-state index is 12.6. The fraction of sp³-hybridized carbons (Fsp3) is 0.421. The van der Waals surface area contributed by atoms with Crippen molar-refractivity contribution in [3.63, 3.8) is 0 Å². The molecule has 0 radical (unpaired) electrons. The van der Waals surface area contributed by atoms with Gasteiger partial charge in [0.2, 0.25) is 0 Å². The summed E-state index contributed by atoms with van der Waals surface area (Å²) in [5.41, 5.74) is 1.91. The van der Waals surface area contributed by atoms with Gasteiger partial charge in [-0.3, -0.25) is 9.69 Å². The van der Waals surface area contributed by atoms with Crippen molar-refractivity contribution in [3.05, 3.63) is 58.3 Å². The molecule has 0 saturated carbocycles. The highest BCUT2D eigenvalue weighted by atomic mass is 79.9. The molecular weight excluding hydrogens is 380 g/mol. The van der Waals surface area contributed by atoms with Crippen molar-refractivity contribution in [2.24, 2.45) is 7.05 Å². The molecule has 1 N–H and O–H groups in total. The third-order valence-electron chi connectivity index (χ3n) is 4.88. The fourth-order valence-corrected chi connectivity index (χ4v) is 3.77. The second kappa shape index (κ2) is 8.17. The lowest BCUT2D eigenvalue weighted by Gasteiger charge is -2.38. The van der Waals surface area contributed by atoms with Crippen molar-refractivity contribution in [2.75, 3.05) is 39.8 Å². The molecule has 0 spiro atoms. The minimum Gasteiger partial charge on any atom is -0.353 e. The number of hydrogen-bond donors (Lipinski definition) is 1. The van der Waals surface area contributed by atoms with Gasteiger partial charge in [-0.1, -0.05) is 12.1 Å². The molecule has 1 aromatic heterocycles. The van der Waals surface area contributed by atoms with E-state index in [4.69, 9.17) is 0 Å². The first-order chi connectivity index (χ1) is 12.1. The number of aromatic nitrogens is 1. The van der Waals surface area contributed by atoms with Crippen LogP contribution in [0.1, 0.15) is 22.1 Å². The predicted octanol–water partition coefficient (Wildman–Crippen LogP) is 2.51. The van der Waals surface area contributed by atoms with Gasteiger partial charge in [0.25, 0.3) is 5.91 Å². The number of likely N-dealkylation sites (N-methyl/N-ethyl adjacent to an activating group) is 1. The van der Waals surface area contributed by atoms with E-state index in [-0.39, 0.29) is 11.9 Å². The lowest BCUT2D eigenvalue weighted by Crippen LogP contribution is -2.48. The van der Waals surface area contributed by atoms with Gasteiger partial charge in [0, 0.05) is 56.1 Å². The Morgan fingerprint density at radius 3 is 2.48 bits per heavy atom. The zero-order valence-corrected chi connectivity index (χ0v) is 16.4. The highest BCUT2D eigenvalue weighted by Crippen LogP contribution is 2.22. The van der Waals surface area contributed by atoms with Gasteiger partial charge in [0.15, 0.2) is 0 Å². The molecule has 0 bridgehead atoms. The lowest BCUT2D eigenvalue weighted by molar-refractivity contribution is 0.0876. The van der Waals surface area contributed by atoms with Gasteiger partial charge >= 0.3 is 0 Å². The minimum atomic E-state index is -0.0409. The summed E-state index contributed by atoms with van der Waals surface area (Å²) in [4.78, 5) is 17.4. The van der Waals surface area contributed by atoms with Crippen molar-refractivity contribution in [1.29, 1.82) is 0 Å². The van der Waals surface area contributed by atoms with E-state index >= 15 is 0 Å². The minimum absolute atomic E-state index is 0.0409. The molecule has 1 aliphatic rings. The molecule has 25 heavy (non-hydrogen) atoms. The van der Waals surface area contributed by atoms with Gasteiger partial charge < -0.3 is 14.8 Å². The van der Waals surface area contributed by atoms with E-state index in [0.717, 1.165) is 30.7 Å². The van der Waals surface area contributed by atoms with Crippen LogP contribution in [-0.4, -0.2) is 60.0 Å². The van der Waals surface area contributed by atoms with E-state index in [1.807, 2.05) is 24.3 Å². The van der Waals surface area contributed by atoms with Gasteiger partial charge in [0.05, 0.1) is 11.6 Å². The largest absolute Gasteiger partial charge is 0.353 e. The molecule has 134 valence electrons. The number of rotatable bonds is 5. The number of nitrogens with one attached hydrogen (secondary N) is 1. The first-order valence-corrected chi connectivity index (χ1v) is 9.42. The second-order valence-electron chi connectivity index (χ2n) is 6.59. The molecule has 2 heterocycles. The number of benzene rings is 1. The highest BCUT2D eigenvalue weighted by Gasteiger charge is 2.26. The number of amides is 1. The summed E-state index contributed by atoms with van der Waals surface area (Å²) < 4.78 is 2.97. The summed E-state index contributed by atoms with van der Waals surface area (Å²) in [5.74, 6) is -0.0409. The van der Waals surface area contributed by atoms with Crippen molar-refractivity contribution in [2.45, 2.75) is 6.04 Å². The van der Waals surface area contributed by atoms with Crippen molar-refractivity contribution in [3.8, 4) is 0 Å². The van der Waals surface area contributed by atoms with Gasteiger partial charge in [-0.2, -0.15) is 0 Å². The Morgan fingerprint density at radius 1 is 1.12 bits per heavy atom. The number of aryl methyl sites for hydroxylation is 1. The average molecular weight is 405 g/mol. The standard InChI is InChI=1S/C19H25BrN4O/c1-22-10-12-24(13-11-22)18(17-8-5-9-23(17)2)14-21-19(25)15-6-3-4-7-16(15)20/h3-9,18H,10-14H2,1-2H3,(H,21,25). The smallest absolute Gasteiger partial charge is 0.252 e. The summed E-state index contributed by atoms with van der Waals surface area (Å²) in [7, 11) is 4.22. The van der Waals surface area contributed by atoms with E-state index in [1.54, 1.807) is 0 Å². The molecule has 1 unspecified atom stereocenters. The SMILES string of the molecule is CN1CCN(C(CNC(=O)c2ccccc2Br)c2cccn2C)CC1. The van der Waals surface area contributed by atoms with E-state index < -0.39 is 0 Å². The second-order valence-corrected chi connectivity index (χ2v) is 7.44. The first kappa shape index (κ1) is 18.2. The highest BCUT2D eigenvalue weighted by molar-refractivity contribution is 9.10. The van der Waals surface area contributed by atoms with E-state index in [0.29, 0.717) is 12.1 Å². The Balaban J connectivity index is 1.73. The van der Waals surface area contributed by atoms with Crippen LogP contribution in [0.4, 0.5) is 0 Å². The quantitative estimate of drug-likeness (QED) is 0.831. The number of piperazine rings is 1. The molecule has 1 fully saturated rings. The third-order valence-corrected chi connectivity index (χ3v) is 5.57. The third kappa shape index (κ3) is 4.32. The van der Waals surface area contributed by atoms with Crippen LogP contribution >= 0.6 is 15.9 Å². The Hall–Kier alpha value is -1.63. The molecule has 3 rings (SSSR count). The van der Waals surface area contributed by atoms with Crippen LogP contribution in [0.15, 0.2) is 47.1 Å². The number of carbonyl (C=O) groups excluding carboxylic acids is 1. The number of halogens is 1. The number of hydrogen-bond acceptors (Lipinski definition) is 3. The molecule has 1 atom stereocenters. The zero-order chi connectivity index (χ0) is 17.8. The van der Waals surface area contributed by atoms with E-state index in [1.165, 1.54) is 5.69 Å². The summed E-state index contributed by atoms with van der Waals surface area (Å²) >= 11 is 3.46. The monoisotopic (exact) mass is 404 g/mol.